The minimum Gasteiger partial charge on any atom is -0.374 e. The minimum absolute atomic E-state index is 0.0590. The highest BCUT2D eigenvalue weighted by molar-refractivity contribution is 5.74. The molecule has 0 aliphatic carbocycles. The van der Waals surface area contributed by atoms with E-state index in [9.17, 15) is 4.79 Å². The molecule has 1 fully saturated rings. The van der Waals surface area contributed by atoms with Gasteiger partial charge in [-0.2, -0.15) is 0 Å². The summed E-state index contributed by atoms with van der Waals surface area (Å²) in [6.07, 6.45) is 1.10. The number of carbonyl (C=O) groups excluding carboxylic acids is 1. The Balaban J connectivity index is 2.08. The summed E-state index contributed by atoms with van der Waals surface area (Å²) < 4.78 is 5.49. The van der Waals surface area contributed by atoms with E-state index in [2.05, 4.69) is 0 Å². The van der Waals surface area contributed by atoms with Crippen LogP contribution in [0.3, 0.4) is 0 Å². The van der Waals surface area contributed by atoms with Crippen molar-refractivity contribution in [2.24, 2.45) is 5.73 Å². The van der Waals surface area contributed by atoms with Gasteiger partial charge in [0.25, 0.3) is 0 Å². The van der Waals surface area contributed by atoms with Crippen molar-refractivity contribution in [3.8, 4) is 0 Å². The lowest BCUT2D eigenvalue weighted by atomic mass is 10.2. The van der Waals surface area contributed by atoms with Gasteiger partial charge in [0.05, 0.1) is 19.2 Å². The van der Waals surface area contributed by atoms with Gasteiger partial charge in [-0.15, -0.1) is 0 Å². The number of hydrogen-bond donors (Lipinski definition) is 1. The van der Waals surface area contributed by atoms with Gasteiger partial charge >= 0.3 is 6.03 Å². The summed E-state index contributed by atoms with van der Waals surface area (Å²) >= 11 is 0. The topological polar surface area (TPSA) is 58.8 Å². The van der Waals surface area contributed by atoms with Crippen molar-refractivity contribution in [1.82, 2.24) is 9.80 Å². The molecular weight excluding hydrogens is 182 g/mol. The Morgan fingerprint density at radius 1 is 1.57 bits per heavy atom. The van der Waals surface area contributed by atoms with Crippen molar-refractivity contribution in [3.63, 3.8) is 0 Å². The van der Waals surface area contributed by atoms with Gasteiger partial charge in [0, 0.05) is 20.7 Å². The summed E-state index contributed by atoms with van der Waals surface area (Å²) in [5, 5.41) is 0. The molecule has 1 aliphatic rings. The van der Waals surface area contributed by atoms with Crippen LogP contribution in [0.5, 0.6) is 0 Å². The van der Waals surface area contributed by atoms with Gasteiger partial charge in [-0.05, 0) is 13.0 Å². The maximum atomic E-state index is 11.4. The van der Waals surface area contributed by atoms with E-state index < -0.39 is 0 Å². The number of carbonyl (C=O) groups is 1. The van der Waals surface area contributed by atoms with Gasteiger partial charge < -0.3 is 20.3 Å². The second-order valence-corrected chi connectivity index (χ2v) is 3.72. The van der Waals surface area contributed by atoms with Gasteiger partial charge in [0.15, 0.2) is 0 Å². The third-order valence-electron chi connectivity index (χ3n) is 2.20. The molecule has 1 rings (SSSR count). The summed E-state index contributed by atoms with van der Waals surface area (Å²) in [6, 6.07) is 0.0590. The van der Waals surface area contributed by atoms with E-state index in [1.807, 2.05) is 0 Å². The zero-order valence-electron chi connectivity index (χ0n) is 8.90. The highest BCUT2D eigenvalue weighted by Gasteiger charge is 2.31. The molecule has 0 unspecified atom stereocenters. The molecule has 1 saturated heterocycles. The van der Waals surface area contributed by atoms with Gasteiger partial charge in [0.1, 0.15) is 0 Å². The Morgan fingerprint density at radius 2 is 2.21 bits per heavy atom. The standard InChI is InChI=1S/C9H19N3O2/c1-11(2)9(13)12-6-8(7-12)14-5-3-4-10/h8H,3-7,10H2,1-2H3. The molecule has 5 heteroatoms. The second-order valence-electron chi connectivity index (χ2n) is 3.72. The number of urea groups is 1. The van der Waals surface area contributed by atoms with Crippen molar-refractivity contribution < 1.29 is 9.53 Å². The van der Waals surface area contributed by atoms with E-state index in [0.717, 1.165) is 6.42 Å². The molecule has 1 aliphatic heterocycles. The average Bonchev–Trinajstić information content (AvgIpc) is 2.08. The molecule has 0 aromatic rings. The van der Waals surface area contributed by atoms with Gasteiger partial charge in [-0.3, -0.25) is 0 Å². The quantitative estimate of drug-likeness (QED) is 0.636. The zero-order chi connectivity index (χ0) is 10.6. The van der Waals surface area contributed by atoms with E-state index >= 15 is 0 Å². The largest absolute Gasteiger partial charge is 0.374 e. The normalized spacial score (nSPS) is 16.6. The second kappa shape index (κ2) is 5.17. The lowest BCUT2D eigenvalue weighted by molar-refractivity contribution is -0.0394. The summed E-state index contributed by atoms with van der Waals surface area (Å²) in [6.45, 7) is 2.78. The zero-order valence-corrected chi connectivity index (χ0v) is 8.90. The third-order valence-corrected chi connectivity index (χ3v) is 2.20. The molecule has 0 saturated carbocycles. The molecule has 0 atom stereocenters. The fourth-order valence-corrected chi connectivity index (χ4v) is 1.32. The first-order chi connectivity index (χ1) is 6.65. The number of likely N-dealkylation sites (tertiary alicyclic amines) is 1. The number of nitrogens with zero attached hydrogens (tertiary/aromatic N) is 2. The monoisotopic (exact) mass is 201 g/mol. The van der Waals surface area contributed by atoms with Crippen LogP contribution in [0.2, 0.25) is 0 Å². The van der Waals surface area contributed by atoms with E-state index in [0.29, 0.717) is 26.2 Å². The Hall–Kier alpha value is -0.810. The molecule has 0 radical (unpaired) electrons. The van der Waals surface area contributed by atoms with Gasteiger partial charge in [0.2, 0.25) is 0 Å². The van der Waals surface area contributed by atoms with Crippen molar-refractivity contribution in [1.29, 1.82) is 0 Å². The summed E-state index contributed by atoms with van der Waals surface area (Å²) in [4.78, 5) is 14.7. The Kier molecular flexibility index (Phi) is 4.16. The molecule has 14 heavy (non-hydrogen) atoms. The van der Waals surface area contributed by atoms with Crippen LogP contribution >= 0.6 is 0 Å². The maximum Gasteiger partial charge on any atom is 0.319 e. The molecule has 82 valence electrons. The fourth-order valence-electron chi connectivity index (χ4n) is 1.32. The molecule has 2 N–H and O–H groups in total. The van der Waals surface area contributed by atoms with E-state index in [1.165, 1.54) is 0 Å². The number of ether oxygens (including phenoxy) is 1. The molecule has 1 heterocycles. The lowest BCUT2D eigenvalue weighted by Gasteiger charge is -2.40. The highest BCUT2D eigenvalue weighted by Crippen LogP contribution is 2.13. The van der Waals surface area contributed by atoms with Crippen LogP contribution in [-0.4, -0.2) is 62.3 Å². The molecule has 2 amide bonds. The van der Waals surface area contributed by atoms with Crippen molar-refractivity contribution in [3.05, 3.63) is 0 Å². The highest BCUT2D eigenvalue weighted by atomic mass is 16.5. The predicted molar refractivity (Wildman–Crippen MR) is 54.1 cm³/mol. The summed E-state index contributed by atoms with van der Waals surface area (Å²) in [5.74, 6) is 0. The minimum atomic E-state index is 0.0590. The smallest absolute Gasteiger partial charge is 0.319 e. The summed E-state index contributed by atoms with van der Waals surface area (Å²) in [5.41, 5.74) is 5.34. The SMILES string of the molecule is CN(C)C(=O)N1CC(OCCCN)C1. The number of rotatable bonds is 4. The average molecular weight is 201 g/mol. The maximum absolute atomic E-state index is 11.4. The predicted octanol–water partition coefficient (Wildman–Crippen LogP) is -0.282. The van der Waals surface area contributed by atoms with Crippen LogP contribution < -0.4 is 5.73 Å². The van der Waals surface area contributed by atoms with Gasteiger partial charge in [-0.1, -0.05) is 0 Å². The van der Waals surface area contributed by atoms with Crippen LogP contribution in [0.25, 0.3) is 0 Å². The summed E-state index contributed by atoms with van der Waals surface area (Å²) in [7, 11) is 3.51. The van der Waals surface area contributed by atoms with Crippen LogP contribution in [-0.2, 0) is 4.74 Å². The van der Waals surface area contributed by atoms with Crippen molar-refractivity contribution >= 4 is 6.03 Å². The van der Waals surface area contributed by atoms with Crippen molar-refractivity contribution in [2.75, 3.05) is 40.3 Å². The number of amides is 2. The molecule has 0 aromatic carbocycles. The lowest BCUT2D eigenvalue weighted by Crippen LogP contribution is -2.57. The van der Waals surface area contributed by atoms with Crippen LogP contribution in [0.4, 0.5) is 4.79 Å². The number of hydrogen-bond acceptors (Lipinski definition) is 3. The van der Waals surface area contributed by atoms with Crippen molar-refractivity contribution in [2.45, 2.75) is 12.5 Å². The van der Waals surface area contributed by atoms with Gasteiger partial charge in [-0.25, -0.2) is 4.79 Å². The molecule has 0 spiro atoms. The molecular formula is C9H19N3O2. The van der Waals surface area contributed by atoms with Crippen LogP contribution in [0.1, 0.15) is 6.42 Å². The first-order valence-electron chi connectivity index (χ1n) is 4.93. The fraction of sp³-hybridized carbons (Fsp3) is 0.889. The molecule has 0 aromatic heterocycles. The first kappa shape index (κ1) is 11.3. The number of nitrogens with two attached hydrogens (primary N) is 1. The molecule has 0 bridgehead atoms. The Bertz CT molecular complexity index is 190. The van der Waals surface area contributed by atoms with Crippen LogP contribution in [0, 0.1) is 0 Å². The molecule has 5 nitrogen and oxygen atoms in total. The van der Waals surface area contributed by atoms with Crippen LogP contribution in [0.15, 0.2) is 0 Å². The van der Waals surface area contributed by atoms with E-state index in [-0.39, 0.29) is 12.1 Å². The van der Waals surface area contributed by atoms with E-state index in [1.54, 1.807) is 23.9 Å². The van der Waals surface area contributed by atoms with E-state index in [4.69, 9.17) is 10.5 Å². The Morgan fingerprint density at radius 3 is 2.71 bits per heavy atom. The Labute approximate surface area is 84.8 Å². The first-order valence-corrected chi connectivity index (χ1v) is 4.93. The third kappa shape index (κ3) is 2.85.